The summed E-state index contributed by atoms with van der Waals surface area (Å²) in [5, 5.41) is 7.77. The zero-order valence-corrected chi connectivity index (χ0v) is 12.9. The second-order valence-electron chi connectivity index (χ2n) is 7.17. The van der Waals surface area contributed by atoms with E-state index in [9.17, 15) is 0 Å². The lowest BCUT2D eigenvalue weighted by molar-refractivity contribution is 0.176. The summed E-state index contributed by atoms with van der Waals surface area (Å²) in [6.07, 6.45) is 18.7. The Balaban J connectivity index is 1.50. The number of piperidine rings is 1. The summed E-state index contributed by atoms with van der Waals surface area (Å²) in [6, 6.07) is 1.58. The van der Waals surface area contributed by atoms with E-state index in [2.05, 4.69) is 22.8 Å². The van der Waals surface area contributed by atoms with Crippen molar-refractivity contribution >= 4 is 0 Å². The second kappa shape index (κ2) is 7.61. The van der Waals surface area contributed by atoms with Gasteiger partial charge in [0.1, 0.15) is 0 Å². The van der Waals surface area contributed by atoms with E-state index in [0.717, 1.165) is 23.9 Å². The van der Waals surface area contributed by atoms with Crippen molar-refractivity contribution < 1.29 is 0 Å². The number of hydrogen-bond donors (Lipinski definition) is 2. The molecule has 3 rings (SSSR count). The van der Waals surface area contributed by atoms with Crippen molar-refractivity contribution in [2.75, 3.05) is 13.1 Å². The topological polar surface area (TPSA) is 24.1 Å². The molecule has 1 saturated heterocycles. The number of nitrogens with one attached hydrogen (secondary N) is 2. The van der Waals surface area contributed by atoms with Gasteiger partial charge in [0, 0.05) is 12.1 Å². The van der Waals surface area contributed by atoms with Gasteiger partial charge in [0.15, 0.2) is 0 Å². The zero-order valence-electron chi connectivity index (χ0n) is 12.9. The normalized spacial score (nSPS) is 38.8. The molecule has 2 aliphatic carbocycles. The van der Waals surface area contributed by atoms with Crippen LogP contribution in [0.2, 0.25) is 0 Å². The van der Waals surface area contributed by atoms with Gasteiger partial charge in [-0.2, -0.15) is 0 Å². The van der Waals surface area contributed by atoms with Crippen LogP contribution in [-0.4, -0.2) is 25.2 Å². The van der Waals surface area contributed by atoms with E-state index in [0.29, 0.717) is 0 Å². The summed E-state index contributed by atoms with van der Waals surface area (Å²) in [5.74, 6) is 1.78. The Hall–Kier alpha value is -0.340. The first-order valence-electron chi connectivity index (χ1n) is 9.05. The average molecular weight is 276 g/mol. The van der Waals surface area contributed by atoms with Gasteiger partial charge in [0.2, 0.25) is 0 Å². The molecule has 0 aromatic carbocycles. The lowest BCUT2D eigenvalue weighted by Gasteiger charge is -2.40. The molecule has 1 saturated carbocycles. The molecule has 0 aromatic heterocycles. The number of rotatable bonds is 4. The van der Waals surface area contributed by atoms with Crippen molar-refractivity contribution in [2.45, 2.75) is 76.3 Å². The molecule has 0 amide bonds. The number of allylic oxidation sites excluding steroid dienone is 2. The van der Waals surface area contributed by atoms with E-state index in [1.807, 2.05) is 0 Å². The first-order valence-corrected chi connectivity index (χ1v) is 9.05. The van der Waals surface area contributed by atoms with Crippen molar-refractivity contribution in [1.29, 1.82) is 0 Å². The Kier molecular flexibility index (Phi) is 5.55. The van der Waals surface area contributed by atoms with Gasteiger partial charge < -0.3 is 10.6 Å². The fraction of sp³-hybridized carbons (Fsp3) is 0.889. The smallest absolute Gasteiger partial charge is 0.0110 e. The van der Waals surface area contributed by atoms with Gasteiger partial charge >= 0.3 is 0 Å². The van der Waals surface area contributed by atoms with Gasteiger partial charge in [-0.25, -0.2) is 0 Å². The minimum Gasteiger partial charge on any atom is -0.314 e. The van der Waals surface area contributed by atoms with Crippen molar-refractivity contribution in [3.63, 3.8) is 0 Å². The van der Waals surface area contributed by atoms with Crippen LogP contribution < -0.4 is 10.6 Å². The van der Waals surface area contributed by atoms with E-state index in [-0.39, 0.29) is 0 Å². The average Bonchev–Trinajstić information content (AvgIpc) is 2.55. The maximum Gasteiger partial charge on any atom is 0.0110 e. The number of hydrogen-bond acceptors (Lipinski definition) is 2. The maximum absolute atomic E-state index is 3.96. The molecule has 0 bridgehead atoms. The molecular formula is C18H32N2. The molecule has 2 heteroatoms. The highest BCUT2D eigenvalue weighted by molar-refractivity contribution is 4.93. The van der Waals surface area contributed by atoms with Crippen LogP contribution in [0.1, 0.15) is 64.2 Å². The third-order valence-corrected chi connectivity index (χ3v) is 5.73. The summed E-state index contributed by atoms with van der Waals surface area (Å²) < 4.78 is 0. The highest BCUT2D eigenvalue weighted by Crippen LogP contribution is 2.31. The van der Waals surface area contributed by atoms with Gasteiger partial charge in [0.25, 0.3) is 0 Å². The Morgan fingerprint density at radius 1 is 0.950 bits per heavy atom. The van der Waals surface area contributed by atoms with Gasteiger partial charge in [-0.3, -0.25) is 0 Å². The second-order valence-corrected chi connectivity index (χ2v) is 7.17. The van der Waals surface area contributed by atoms with Gasteiger partial charge in [0.05, 0.1) is 0 Å². The third kappa shape index (κ3) is 3.85. The third-order valence-electron chi connectivity index (χ3n) is 5.73. The monoisotopic (exact) mass is 276 g/mol. The van der Waals surface area contributed by atoms with Crippen molar-refractivity contribution in [1.82, 2.24) is 10.6 Å². The fourth-order valence-electron chi connectivity index (χ4n) is 4.50. The van der Waals surface area contributed by atoms with E-state index in [1.165, 1.54) is 77.3 Å². The fourth-order valence-corrected chi connectivity index (χ4v) is 4.50. The van der Waals surface area contributed by atoms with E-state index in [4.69, 9.17) is 0 Å². The summed E-state index contributed by atoms with van der Waals surface area (Å²) in [6.45, 7) is 2.50. The van der Waals surface area contributed by atoms with Crippen molar-refractivity contribution in [2.24, 2.45) is 11.8 Å². The van der Waals surface area contributed by atoms with Crippen LogP contribution in [0, 0.1) is 11.8 Å². The molecule has 4 atom stereocenters. The first kappa shape index (κ1) is 14.6. The quantitative estimate of drug-likeness (QED) is 0.766. The summed E-state index contributed by atoms with van der Waals surface area (Å²) in [7, 11) is 0. The van der Waals surface area contributed by atoms with Crippen molar-refractivity contribution in [3.05, 3.63) is 12.2 Å². The Bertz CT molecular complexity index is 307. The van der Waals surface area contributed by atoms with Crippen LogP contribution in [-0.2, 0) is 0 Å². The molecule has 2 N–H and O–H groups in total. The lowest BCUT2D eigenvalue weighted by Crippen LogP contribution is -2.51. The highest BCUT2D eigenvalue weighted by Gasteiger charge is 2.32. The molecule has 1 heterocycles. The standard InChI is InChI=1S/C18H32N2/c1-2-8-15(9-3-1)14-20-18-11-5-4-10-16(18)17-12-6-7-13-19-17/h1-2,15-20H,3-14H2. The van der Waals surface area contributed by atoms with Crippen LogP contribution >= 0.6 is 0 Å². The van der Waals surface area contributed by atoms with Gasteiger partial charge in [-0.05, 0) is 69.9 Å². The SMILES string of the molecule is C1=CCC(CNC2CCCCC2C2CCCCN2)CC1. The van der Waals surface area contributed by atoms with E-state index in [1.54, 1.807) is 0 Å². The summed E-state index contributed by atoms with van der Waals surface area (Å²) in [4.78, 5) is 0. The predicted molar refractivity (Wildman–Crippen MR) is 85.9 cm³/mol. The highest BCUT2D eigenvalue weighted by atomic mass is 15.0. The van der Waals surface area contributed by atoms with Gasteiger partial charge in [-0.15, -0.1) is 0 Å². The predicted octanol–water partition coefficient (Wildman–Crippen LogP) is 3.63. The van der Waals surface area contributed by atoms with Crippen LogP contribution in [0.4, 0.5) is 0 Å². The summed E-state index contributed by atoms with van der Waals surface area (Å²) in [5.41, 5.74) is 0. The van der Waals surface area contributed by atoms with Crippen molar-refractivity contribution in [3.8, 4) is 0 Å². The molecule has 0 spiro atoms. The minimum atomic E-state index is 0.783. The maximum atomic E-state index is 3.96. The van der Waals surface area contributed by atoms with Crippen LogP contribution in [0.25, 0.3) is 0 Å². The lowest BCUT2D eigenvalue weighted by atomic mass is 9.77. The zero-order chi connectivity index (χ0) is 13.6. The molecule has 2 fully saturated rings. The molecule has 1 aliphatic heterocycles. The molecular weight excluding hydrogens is 244 g/mol. The molecule has 3 aliphatic rings. The molecule has 2 nitrogen and oxygen atoms in total. The minimum absolute atomic E-state index is 0.783. The summed E-state index contributed by atoms with van der Waals surface area (Å²) >= 11 is 0. The van der Waals surface area contributed by atoms with E-state index >= 15 is 0 Å². The Morgan fingerprint density at radius 2 is 1.85 bits per heavy atom. The first-order chi connectivity index (χ1) is 9.93. The Morgan fingerprint density at radius 3 is 2.65 bits per heavy atom. The molecule has 20 heavy (non-hydrogen) atoms. The van der Waals surface area contributed by atoms with Crippen LogP contribution in [0.3, 0.4) is 0 Å². The van der Waals surface area contributed by atoms with Crippen LogP contribution in [0.5, 0.6) is 0 Å². The molecule has 0 aromatic rings. The van der Waals surface area contributed by atoms with Gasteiger partial charge in [-0.1, -0.05) is 31.4 Å². The largest absolute Gasteiger partial charge is 0.314 e. The van der Waals surface area contributed by atoms with E-state index < -0.39 is 0 Å². The molecule has 114 valence electrons. The molecule has 4 unspecified atom stereocenters. The van der Waals surface area contributed by atoms with Crippen LogP contribution in [0.15, 0.2) is 12.2 Å². The Labute approximate surface area is 124 Å². The molecule has 0 radical (unpaired) electrons.